The molecular formula is C9H17ClN2O4S. The summed E-state index contributed by atoms with van der Waals surface area (Å²) >= 11 is 5.40. The number of halogens is 1. The molecular weight excluding hydrogens is 268 g/mol. The van der Waals surface area contributed by atoms with Crippen molar-refractivity contribution >= 4 is 27.5 Å². The van der Waals surface area contributed by atoms with E-state index in [0.29, 0.717) is 0 Å². The van der Waals surface area contributed by atoms with E-state index in [0.717, 1.165) is 4.31 Å². The zero-order valence-corrected chi connectivity index (χ0v) is 11.4. The van der Waals surface area contributed by atoms with Gasteiger partial charge >= 0.3 is 0 Å². The molecule has 1 amide bonds. The smallest absolute Gasteiger partial charge is 0.241 e. The summed E-state index contributed by atoms with van der Waals surface area (Å²) in [5, 5.41) is 2.14. The van der Waals surface area contributed by atoms with Gasteiger partial charge < -0.3 is 10.1 Å². The molecule has 0 radical (unpaired) electrons. The lowest BCUT2D eigenvalue weighted by Gasteiger charge is -2.33. The number of nitrogens with one attached hydrogen (secondary N) is 1. The van der Waals surface area contributed by atoms with Crippen LogP contribution >= 0.6 is 11.6 Å². The van der Waals surface area contributed by atoms with E-state index in [4.69, 9.17) is 16.3 Å². The number of rotatable bonds is 4. The van der Waals surface area contributed by atoms with Crippen LogP contribution in [0.1, 0.15) is 13.8 Å². The molecule has 0 aromatic rings. The van der Waals surface area contributed by atoms with Crippen LogP contribution in [0.15, 0.2) is 0 Å². The highest BCUT2D eigenvalue weighted by atomic mass is 35.5. The first kappa shape index (κ1) is 14.7. The first-order valence-corrected chi connectivity index (χ1v) is 7.46. The third kappa shape index (κ3) is 3.80. The lowest BCUT2D eigenvalue weighted by atomic mass is 10.2. The van der Waals surface area contributed by atoms with Gasteiger partial charge in [0.2, 0.25) is 15.9 Å². The van der Waals surface area contributed by atoms with E-state index in [-0.39, 0.29) is 31.7 Å². The molecule has 0 spiro atoms. The average molecular weight is 285 g/mol. The fourth-order valence-electron chi connectivity index (χ4n) is 1.57. The number of nitrogens with zero attached hydrogens (tertiary/aromatic N) is 1. The predicted molar refractivity (Wildman–Crippen MR) is 64.2 cm³/mol. The number of hydrogen-bond donors (Lipinski definition) is 1. The Balaban J connectivity index is 2.83. The van der Waals surface area contributed by atoms with E-state index < -0.39 is 21.3 Å². The summed E-state index contributed by atoms with van der Waals surface area (Å²) in [4.78, 5) is 11.8. The molecule has 0 aromatic carbocycles. The second-order valence-corrected chi connectivity index (χ2v) is 6.59. The van der Waals surface area contributed by atoms with Gasteiger partial charge in [-0.05, 0) is 13.8 Å². The molecule has 6 nitrogen and oxygen atoms in total. The molecule has 0 bridgehead atoms. The van der Waals surface area contributed by atoms with E-state index >= 15 is 0 Å². The summed E-state index contributed by atoms with van der Waals surface area (Å²) in [5.41, 5.74) is 0. The fraction of sp³-hybridized carbons (Fsp3) is 0.889. The molecule has 0 aliphatic carbocycles. The number of sulfonamides is 1. The Morgan fingerprint density at radius 1 is 1.59 bits per heavy atom. The van der Waals surface area contributed by atoms with Gasteiger partial charge in [0.05, 0.1) is 13.2 Å². The summed E-state index contributed by atoms with van der Waals surface area (Å²) in [6.45, 7) is 4.12. The van der Waals surface area contributed by atoms with Crippen LogP contribution in [0.4, 0.5) is 0 Å². The third-order valence-electron chi connectivity index (χ3n) is 2.31. The monoisotopic (exact) mass is 284 g/mol. The van der Waals surface area contributed by atoms with Crippen molar-refractivity contribution in [2.45, 2.75) is 25.9 Å². The van der Waals surface area contributed by atoms with Crippen LogP contribution in [0.25, 0.3) is 0 Å². The van der Waals surface area contributed by atoms with Crippen molar-refractivity contribution in [2.24, 2.45) is 0 Å². The Bertz CT molecular complexity index is 371. The summed E-state index contributed by atoms with van der Waals surface area (Å²) < 4.78 is 29.7. The van der Waals surface area contributed by atoms with Crippen molar-refractivity contribution in [3.8, 4) is 0 Å². The van der Waals surface area contributed by atoms with Gasteiger partial charge in [-0.15, -0.1) is 11.6 Å². The molecule has 0 aromatic heterocycles. The average Bonchev–Trinajstić information content (AvgIpc) is 2.28. The van der Waals surface area contributed by atoms with Crippen molar-refractivity contribution in [3.63, 3.8) is 0 Å². The fourth-order valence-corrected chi connectivity index (χ4v) is 2.97. The number of alkyl halides is 1. The van der Waals surface area contributed by atoms with E-state index in [1.807, 2.05) is 13.8 Å². The number of morpholine rings is 1. The van der Waals surface area contributed by atoms with Crippen molar-refractivity contribution in [1.82, 2.24) is 9.62 Å². The van der Waals surface area contributed by atoms with Gasteiger partial charge in [0.15, 0.2) is 0 Å². The standard InChI is InChI=1S/C9H17ClN2O4S/c1-7(2)11-9(13)8-5-16-4-3-12(8)17(14,15)6-10/h7-8H,3-6H2,1-2H3,(H,11,13). The van der Waals surface area contributed by atoms with Crippen molar-refractivity contribution in [2.75, 3.05) is 25.0 Å². The van der Waals surface area contributed by atoms with Crippen LogP contribution in [0.5, 0.6) is 0 Å². The van der Waals surface area contributed by atoms with E-state index in [1.54, 1.807) is 0 Å². The highest BCUT2D eigenvalue weighted by molar-refractivity contribution is 7.90. The highest BCUT2D eigenvalue weighted by Crippen LogP contribution is 2.14. The number of ether oxygens (including phenoxy) is 1. The normalized spacial score (nSPS) is 22.7. The maximum atomic E-state index is 11.8. The number of carbonyl (C=O) groups excluding carboxylic acids is 1. The molecule has 1 N–H and O–H groups in total. The molecule has 1 aliphatic rings. The second kappa shape index (κ2) is 5.99. The summed E-state index contributed by atoms with van der Waals surface area (Å²) in [6, 6.07) is -0.875. The maximum Gasteiger partial charge on any atom is 0.241 e. The first-order chi connectivity index (χ1) is 7.88. The quantitative estimate of drug-likeness (QED) is 0.722. The molecule has 1 fully saturated rings. The van der Waals surface area contributed by atoms with Crippen LogP contribution < -0.4 is 5.32 Å². The van der Waals surface area contributed by atoms with Crippen LogP contribution in [-0.2, 0) is 19.6 Å². The zero-order valence-electron chi connectivity index (χ0n) is 9.85. The first-order valence-electron chi connectivity index (χ1n) is 5.32. The molecule has 1 saturated heterocycles. The van der Waals surface area contributed by atoms with Crippen LogP contribution in [0.2, 0.25) is 0 Å². The minimum atomic E-state index is -3.59. The Labute approximate surface area is 106 Å². The third-order valence-corrected chi connectivity index (χ3v) is 4.56. The van der Waals surface area contributed by atoms with E-state index in [1.165, 1.54) is 0 Å². The number of carbonyl (C=O) groups is 1. The summed E-state index contributed by atoms with van der Waals surface area (Å²) in [7, 11) is -3.59. The van der Waals surface area contributed by atoms with Gasteiger partial charge in [-0.25, -0.2) is 8.42 Å². The van der Waals surface area contributed by atoms with E-state index in [9.17, 15) is 13.2 Å². The van der Waals surface area contributed by atoms with Gasteiger partial charge in [0, 0.05) is 12.6 Å². The molecule has 1 heterocycles. The van der Waals surface area contributed by atoms with Crippen molar-refractivity contribution in [1.29, 1.82) is 0 Å². The van der Waals surface area contributed by atoms with Gasteiger partial charge in [0.25, 0.3) is 0 Å². The lowest BCUT2D eigenvalue weighted by molar-refractivity contribution is -0.129. The maximum absolute atomic E-state index is 11.8. The van der Waals surface area contributed by atoms with Gasteiger partial charge in [-0.3, -0.25) is 4.79 Å². The second-order valence-electron chi connectivity index (χ2n) is 4.09. The molecule has 0 saturated carbocycles. The van der Waals surface area contributed by atoms with E-state index in [2.05, 4.69) is 5.32 Å². The Morgan fingerprint density at radius 3 is 2.76 bits per heavy atom. The Kier molecular flexibility index (Phi) is 5.18. The molecule has 1 atom stereocenters. The Morgan fingerprint density at radius 2 is 2.24 bits per heavy atom. The minimum Gasteiger partial charge on any atom is -0.378 e. The van der Waals surface area contributed by atoms with Crippen LogP contribution in [0, 0.1) is 0 Å². The molecule has 17 heavy (non-hydrogen) atoms. The molecule has 100 valence electrons. The molecule has 1 rings (SSSR count). The summed E-state index contributed by atoms with van der Waals surface area (Å²) in [5.74, 6) is -0.353. The zero-order chi connectivity index (χ0) is 13.1. The SMILES string of the molecule is CC(C)NC(=O)C1COCCN1S(=O)(=O)CCl. The van der Waals surface area contributed by atoms with Gasteiger partial charge in [0.1, 0.15) is 11.3 Å². The Hall–Kier alpha value is -0.370. The molecule has 8 heteroatoms. The topological polar surface area (TPSA) is 75.7 Å². The lowest BCUT2D eigenvalue weighted by Crippen LogP contribution is -2.56. The van der Waals surface area contributed by atoms with Crippen molar-refractivity contribution in [3.05, 3.63) is 0 Å². The predicted octanol–water partition coefficient (Wildman–Crippen LogP) is -0.262. The highest BCUT2D eigenvalue weighted by Gasteiger charge is 2.36. The van der Waals surface area contributed by atoms with Gasteiger partial charge in [-0.2, -0.15) is 4.31 Å². The minimum absolute atomic E-state index is 0.0509. The molecule has 1 unspecified atom stereocenters. The number of hydrogen-bond acceptors (Lipinski definition) is 4. The van der Waals surface area contributed by atoms with Crippen LogP contribution in [-0.4, -0.2) is 55.7 Å². The summed E-state index contributed by atoms with van der Waals surface area (Å²) in [6.07, 6.45) is 0. The largest absolute Gasteiger partial charge is 0.378 e. The van der Waals surface area contributed by atoms with Crippen LogP contribution in [0.3, 0.4) is 0 Å². The van der Waals surface area contributed by atoms with Crippen molar-refractivity contribution < 1.29 is 17.9 Å². The van der Waals surface area contributed by atoms with Gasteiger partial charge in [-0.1, -0.05) is 0 Å². The number of amides is 1. The molecule has 1 aliphatic heterocycles.